The fraction of sp³-hybridized carbons (Fsp3) is 0.417. The molecule has 2 fully saturated rings. The molecule has 5 heterocycles. The first kappa shape index (κ1) is 23.5. The molecule has 13 heteroatoms. The molecule has 0 radical (unpaired) electrons. The molecule has 0 aliphatic carbocycles. The number of anilines is 1. The van der Waals surface area contributed by atoms with E-state index < -0.39 is 23.8 Å². The van der Waals surface area contributed by atoms with E-state index >= 15 is 0 Å². The zero-order valence-electron chi connectivity index (χ0n) is 20.0. The number of carbonyl (C=O) groups excluding carboxylic acids is 1. The minimum atomic E-state index is -2.94. The van der Waals surface area contributed by atoms with E-state index in [1.807, 2.05) is 4.90 Å². The lowest BCUT2D eigenvalue weighted by Gasteiger charge is -2.34. The summed E-state index contributed by atoms with van der Waals surface area (Å²) in [5, 5.41) is 15.5. The molecular weight excluding hydrogens is 489 g/mol. The molecule has 0 saturated carbocycles. The monoisotopic (exact) mass is 512 g/mol. The number of hydrogen-bond acceptors (Lipinski definition) is 8. The van der Waals surface area contributed by atoms with Gasteiger partial charge in [-0.25, -0.2) is 23.1 Å². The summed E-state index contributed by atoms with van der Waals surface area (Å²) in [6.45, 7) is 4.28. The molecule has 2 aliphatic heterocycles. The van der Waals surface area contributed by atoms with Gasteiger partial charge in [0.1, 0.15) is 17.5 Å². The van der Waals surface area contributed by atoms with Gasteiger partial charge in [-0.2, -0.15) is 4.52 Å². The van der Waals surface area contributed by atoms with Gasteiger partial charge in [0.25, 0.3) is 12.3 Å². The highest BCUT2D eigenvalue weighted by molar-refractivity contribution is 6.05. The summed E-state index contributed by atoms with van der Waals surface area (Å²) in [4.78, 5) is 24.6. The smallest absolute Gasteiger partial charge is 0.266 e. The van der Waals surface area contributed by atoms with Crippen LogP contribution in [0.2, 0.25) is 0 Å². The number of carbonyl (C=O) groups is 1. The van der Waals surface area contributed by atoms with Crippen molar-refractivity contribution in [1.82, 2.24) is 34.9 Å². The summed E-state index contributed by atoms with van der Waals surface area (Å²) < 4.78 is 48.4. The van der Waals surface area contributed by atoms with Crippen LogP contribution >= 0.6 is 0 Å². The minimum Gasteiger partial charge on any atom is -0.377 e. The van der Waals surface area contributed by atoms with Crippen molar-refractivity contribution < 1.29 is 22.7 Å². The van der Waals surface area contributed by atoms with Gasteiger partial charge in [0, 0.05) is 5.56 Å². The Labute approximate surface area is 208 Å². The Bertz CT molecular complexity index is 1510. The Morgan fingerprint density at radius 1 is 1.14 bits per heavy atom. The zero-order chi connectivity index (χ0) is 25.8. The summed E-state index contributed by atoms with van der Waals surface area (Å²) in [7, 11) is 0. The van der Waals surface area contributed by atoms with Crippen molar-refractivity contribution >= 4 is 28.4 Å². The first-order valence-corrected chi connectivity index (χ1v) is 12.0. The Hall–Kier alpha value is -3.87. The molecule has 2 aliphatic rings. The molecular formula is C24H23F3N8O2. The van der Waals surface area contributed by atoms with E-state index in [-0.39, 0.29) is 34.8 Å². The number of aryl methyl sites for hydroxylation is 1. The maximum absolute atomic E-state index is 14.8. The molecule has 2 saturated heterocycles. The van der Waals surface area contributed by atoms with Gasteiger partial charge in [0.05, 0.1) is 47.9 Å². The molecule has 1 N–H and O–H groups in total. The normalized spacial score (nSPS) is 20.2. The van der Waals surface area contributed by atoms with Crippen molar-refractivity contribution in [3.05, 3.63) is 52.6 Å². The first-order valence-electron chi connectivity index (χ1n) is 12.0. The van der Waals surface area contributed by atoms with Crippen molar-refractivity contribution in [1.29, 1.82) is 0 Å². The van der Waals surface area contributed by atoms with Crippen LogP contribution in [0.15, 0.2) is 24.3 Å². The van der Waals surface area contributed by atoms with E-state index in [1.54, 1.807) is 19.9 Å². The second-order valence-corrected chi connectivity index (χ2v) is 9.38. The molecule has 3 atom stereocenters. The predicted molar refractivity (Wildman–Crippen MR) is 126 cm³/mol. The highest BCUT2D eigenvalue weighted by Gasteiger charge is 2.41. The van der Waals surface area contributed by atoms with Crippen LogP contribution in [0.25, 0.3) is 16.7 Å². The molecule has 37 heavy (non-hydrogen) atoms. The molecule has 4 aromatic rings. The summed E-state index contributed by atoms with van der Waals surface area (Å²) in [5.74, 6) is -0.513. The highest BCUT2D eigenvalue weighted by atomic mass is 19.3. The summed E-state index contributed by atoms with van der Waals surface area (Å²) in [5.41, 5.74) is 0.289. The number of hydrogen-bond donors (Lipinski definition) is 1. The molecule has 6 rings (SSSR count). The number of pyridine rings is 1. The molecule has 2 bridgehead atoms. The maximum Gasteiger partial charge on any atom is 0.266 e. The van der Waals surface area contributed by atoms with Crippen molar-refractivity contribution in [2.45, 2.75) is 51.2 Å². The van der Waals surface area contributed by atoms with Crippen LogP contribution in [0.1, 0.15) is 59.5 Å². The number of ether oxygens (including phenoxy) is 1. The number of rotatable bonds is 5. The van der Waals surface area contributed by atoms with Crippen LogP contribution in [0.4, 0.5) is 19.0 Å². The second-order valence-electron chi connectivity index (χ2n) is 9.38. The Kier molecular flexibility index (Phi) is 5.66. The van der Waals surface area contributed by atoms with Gasteiger partial charge < -0.3 is 15.0 Å². The van der Waals surface area contributed by atoms with Crippen LogP contribution in [0.5, 0.6) is 0 Å². The van der Waals surface area contributed by atoms with Crippen molar-refractivity contribution in [3.8, 4) is 0 Å². The average Bonchev–Trinajstić information content (AvgIpc) is 3.45. The first-order chi connectivity index (χ1) is 17.8. The van der Waals surface area contributed by atoms with E-state index in [0.29, 0.717) is 35.9 Å². The zero-order valence-corrected chi connectivity index (χ0v) is 20.0. The number of fused-ring (bicyclic) bond motifs is 5. The Morgan fingerprint density at radius 2 is 1.86 bits per heavy atom. The number of halogens is 3. The summed E-state index contributed by atoms with van der Waals surface area (Å²) >= 11 is 0. The van der Waals surface area contributed by atoms with E-state index in [2.05, 4.69) is 30.8 Å². The Balaban J connectivity index is 1.46. The van der Waals surface area contributed by atoms with Gasteiger partial charge in [-0.05, 0) is 43.2 Å². The predicted octanol–water partition coefficient (Wildman–Crippen LogP) is 3.63. The summed E-state index contributed by atoms with van der Waals surface area (Å²) in [6, 6.07) is 4.77. The van der Waals surface area contributed by atoms with E-state index in [4.69, 9.17) is 4.74 Å². The second kappa shape index (κ2) is 8.91. The minimum absolute atomic E-state index is 0.0187. The molecule has 0 spiro atoms. The third kappa shape index (κ3) is 3.84. The number of morpholine rings is 1. The lowest BCUT2D eigenvalue weighted by atomic mass is 10.0. The van der Waals surface area contributed by atoms with Gasteiger partial charge in [-0.15, -0.1) is 5.10 Å². The van der Waals surface area contributed by atoms with E-state index in [1.165, 1.54) is 16.6 Å². The average molecular weight is 512 g/mol. The topological polar surface area (TPSA) is 110 Å². The molecule has 192 valence electrons. The number of tetrazole rings is 1. The van der Waals surface area contributed by atoms with Gasteiger partial charge >= 0.3 is 0 Å². The number of benzene rings is 1. The Morgan fingerprint density at radius 3 is 2.59 bits per heavy atom. The number of nitrogens with one attached hydrogen (secondary N) is 1. The highest BCUT2D eigenvalue weighted by Crippen LogP contribution is 2.34. The van der Waals surface area contributed by atoms with Crippen LogP contribution in [0.3, 0.4) is 0 Å². The third-order valence-electron chi connectivity index (χ3n) is 7.06. The quantitative estimate of drug-likeness (QED) is 0.432. The maximum atomic E-state index is 14.8. The number of aromatic nitrogens is 6. The van der Waals surface area contributed by atoms with Crippen molar-refractivity contribution in [2.24, 2.45) is 0 Å². The van der Waals surface area contributed by atoms with Crippen molar-refractivity contribution in [3.63, 3.8) is 0 Å². The molecule has 2 unspecified atom stereocenters. The molecule has 10 nitrogen and oxygen atoms in total. The van der Waals surface area contributed by atoms with Gasteiger partial charge in [0.2, 0.25) is 0 Å². The molecule has 3 aromatic heterocycles. The van der Waals surface area contributed by atoms with Gasteiger partial charge in [-0.1, -0.05) is 18.2 Å². The lowest BCUT2D eigenvalue weighted by molar-refractivity contribution is -0.00707. The van der Waals surface area contributed by atoms with Crippen LogP contribution in [-0.4, -0.2) is 66.1 Å². The number of amides is 1. The largest absolute Gasteiger partial charge is 0.377 e. The van der Waals surface area contributed by atoms with Crippen LogP contribution in [-0.2, 0) is 4.74 Å². The van der Waals surface area contributed by atoms with Crippen LogP contribution < -0.4 is 5.32 Å². The van der Waals surface area contributed by atoms with Crippen LogP contribution in [0, 0.1) is 12.7 Å². The standard InChI is InChI=1S/C24H23F3N8O2/c1-11(15-4-3-5-16(19(15)25)20(26)27)28-21-17-8-18(24(36)34-13-6-7-14(34)10-37-9-13)23-31-32-33-35(23)22(17)30-12(2)29-21/h3-5,8,11,13-14,20H,6-7,9-10H2,1-2H3,(H,28,29,30)/t11-,13?,14?/m1/s1. The van der Waals surface area contributed by atoms with Gasteiger partial charge in [0.15, 0.2) is 11.3 Å². The molecule has 1 amide bonds. The van der Waals surface area contributed by atoms with E-state index in [0.717, 1.165) is 18.9 Å². The SMILES string of the molecule is Cc1nc(N[C@H](C)c2cccc(C(F)F)c2F)c2cc(C(=O)N3C4CCC3COC4)c3nnnn3c2n1. The number of alkyl halides is 2. The lowest BCUT2D eigenvalue weighted by Crippen LogP contribution is -2.49. The van der Waals surface area contributed by atoms with E-state index in [9.17, 15) is 18.0 Å². The third-order valence-corrected chi connectivity index (χ3v) is 7.06. The van der Waals surface area contributed by atoms with Crippen molar-refractivity contribution in [2.75, 3.05) is 18.5 Å². The molecule has 1 aromatic carbocycles. The summed E-state index contributed by atoms with van der Waals surface area (Å²) in [6.07, 6.45) is -1.21. The fourth-order valence-corrected chi connectivity index (χ4v) is 5.29. The van der Waals surface area contributed by atoms with Gasteiger partial charge in [-0.3, -0.25) is 4.79 Å². The number of nitrogens with zero attached hydrogens (tertiary/aromatic N) is 7. The fourth-order valence-electron chi connectivity index (χ4n) is 5.29.